The summed E-state index contributed by atoms with van der Waals surface area (Å²) in [7, 11) is -3.99. The Morgan fingerprint density at radius 1 is 1.30 bits per heavy atom. The molecule has 0 spiro atoms. The van der Waals surface area contributed by atoms with Gasteiger partial charge in [-0.15, -0.1) is 0 Å². The van der Waals surface area contributed by atoms with Crippen LogP contribution in [0, 0.1) is 17.8 Å². The summed E-state index contributed by atoms with van der Waals surface area (Å²) >= 11 is 0. The van der Waals surface area contributed by atoms with Gasteiger partial charge >= 0.3 is 21.3 Å². The number of hydrogen-bond acceptors (Lipinski definition) is 5. The van der Waals surface area contributed by atoms with Crippen LogP contribution < -0.4 is 0 Å². The van der Waals surface area contributed by atoms with Gasteiger partial charge in [0, 0.05) is 7.11 Å². The topological polar surface area (TPSA) is 89.9 Å². The first-order valence-corrected chi connectivity index (χ1v) is 7.64. The van der Waals surface area contributed by atoms with Gasteiger partial charge in [-0.1, -0.05) is 0 Å². The van der Waals surface area contributed by atoms with Gasteiger partial charge in [0.25, 0.3) is 0 Å². The Morgan fingerprint density at radius 3 is 2.40 bits per heavy atom. The number of carbonyl (C=O) groups is 1. The molecule has 1 N–H and O–H groups in total. The van der Waals surface area contributed by atoms with Gasteiger partial charge in [-0.3, -0.25) is 9.35 Å². The van der Waals surface area contributed by atoms with Crippen LogP contribution in [0.25, 0.3) is 0 Å². The fourth-order valence-corrected chi connectivity index (χ4v) is 3.34. The summed E-state index contributed by atoms with van der Waals surface area (Å²) < 4.78 is 64.6. The minimum absolute atomic E-state index is 0.0248. The first kappa shape index (κ1) is 15.6. The highest BCUT2D eigenvalue weighted by Gasteiger charge is 2.51. The van der Waals surface area contributed by atoms with E-state index in [2.05, 4.69) is 4.74 Å². The van der Waals surface area contributed by atoms with Crippen LogP contribution in [0.4, 0.5) is 8.78 Å². The summed E-state index contributed by atoms with van der Waals surface area (Å²) in [6, 6.07) is 0. The summed E-state index contributed by atoms with van der Waals surface area (Å²) in [6.45, 7) is -1.66. The van der Waals surface area contributed by atoms with E-state index in [-0.39, 0.29) is 17.9 Å². The van der Waals surface area contributed by atoms with Crippen molar-refractivity contribution in [2.45, 2.75) is 30.6 Å². The van der Waals surface area contributed by atoms with Crippen molar-refractivity contribution in [1.29, 1.82) is 0 Å². The van der Waals surface area contributed by atoms with Crippen LogP contribution >= 0.6 is 0 Å². The van der Waals surface area contributed by atoms with Crippen LogP contribution in [-0.2, 0) is 24.4 Å². The van der Waals surface area contributed by atoms with Crippen molar-refractivity contribution < 1.29 is 36.0 Å². The van der Waals surface area contributed by atoms with Gasteiger partial charge in [0.1, 0.15) is 0 Å². The molecule has 2 rings (SSSR count). The van der Waals surface area contributed by atoms with Crippen LogP contribution in [0.15, 0.2) is 0 Å². The number of methoxy groups -OCH3 is 1. The first-order valence-electron chi connectivity index (χ1n) is 6.20. The van der Waals surface area contributed by atoms with Gasteiger partial charge < -0.3 is 9.47 Å². The van der Waals surface area contributed by atoms with E-state index in [1.165, 1.54) is 0 Å². The predicted octanol–water partition coefficient (Wildman–Crippen LogP) is 1.07. The molecule has 2 saturated carbocycles. The van der Waals surface area contributed by atoms with Crippen molar-refractivity contribution in [2.75, 3.05) is 13.7 Å². The third-order valence-electron chi connectivity index (χ3n) is 4.16. The molecule has 4 unspecified atom stereocenters. The van der Waals surface area contributed by atoms with E-state index in [1.54, 1.807) is 7.11 Å². The van der Waals surface area contributed by atoms with E-state index >= 15 is 0 Å². The van der Waals surface area contributed by atoms with Gasteiger partial charge in [-0.2, -0.15) is 17.2 Å². The number of rotatable bonds is 5. The molecular weight excluding hydrogens is 298 g/mol. The molecule has 0 radical (unpaired) electrons. The standard InChI is InChI=1S/C11H16F2O6S/c1-18-9-4-6-2-7(9)3-8(6)10(14)19-5-11(12,13)20(15,16)17/h6-9H,2-5H2,1H3,(H,15,16,17). The minimum atomic E-state index is -5.58. The fourth-order valence-electron chi connectivity index (χ4n) is 3.14. The normalized spacial score (nSPS) is 33.4. The number of ether oxygens (including phenoxy) is 2. The lowest BCUT2D eigenvalue weighted by Crippen LogP contribution is -2.37. The second-order valence-electron chi connectivity index (χ2n) is 5.33. The number of esters is 1. The van der Waals surface area contributed by atoms with Crippen molar-refractivity contribution in [3.05, 3.63) is 0 Å². The number of hydrogen-bond donors (Lipinski definition) is 1. The number of carbonyl (C=O) groups excluding carboxylic acids is 1. The Hall–Kier alpha value is -0.800. The van der Waals surface area contributed by atoms with Crippen LogP contribution in [0.1, 0.15) is 19.3 Å². The molecule has 0 aromatic rings. The molecule has 2 aliphatic carbocycles. The van der Waals surface area contributed by atoms with Crippen LogP contribution in [0.2, 0.25) is 0 Å². The summed E-state index contributed by atoms with van der Waals surface area (Å²) in [4.78, 5) is 11.7. The van der Waals surface area contributed by atoms with Gasteiger partial charge in [0.15, 0.2) is 6.61 Å². The molecule has 2 bridgehead atoms. The Labute approximate surface area is 115 Å². The smallest absolute Gasteiger partial charge is 0.402 e. The molecule has 0 heterocycles. The van der Waals surface area contributed by atoms with Gasteiger partial charge in [0.2, 0.25) is 0 Å². The Kier molecular flexibility index (Phi) is 4.05. The maximum absolute atomic E-state index is 12.9. The van der Waals surface area contributed by atoms with Crippen LogP contribution in [0.3, 0.4) is 0 Å². The van der Waals surface area contributed by atoms with Crippen molar-refractivity contribution >= 4 is 16.1 Å². The van der Waals surface area contributed by atoms with Crippen molar-refractivity contribution in [2.24, 2.45) is 17.8 Å². The number of fused-ring (bicyclic) bond motifs is 2. The average Bonchev–Trinajstić information content (AvgIpc) is 2.93. The van der Waals surface area contributed by atoms with Crippen molar-refractivity contribution in [1.82, 2.24) is 0 Å². The predicted molar refractivity (Wildman–Crippen MR) is 62.6 cm³/mol. The first-order chi connectivity index (χ1) is 9.15. The summed E-state index contributed by atoms with van der Waals surface area (Å²) in [5, 5.41) is -4.48. The number of alkyl halides is 2. The second-order valence-corrected chi connectivity index (χ2v) is 6.88. The third kappa shape index (κ3) is 2.79. The highest BCUT2D eigenvalue weighted by Crippen LogP contribution is 2.49. The van der Waals surface area contributed by atoms with E-state index < -0.39 is 33.9 Å². The van der Waals surface area contributed by atoms with Gasteiger partial charge in [0.05, 0.1) is 12.0 Å². The zero-order valence-electron chi connectivity index (χ0n) is 10.8. The summed E-state index contributed by atoms with van der Waals surface area (Å²) in [6.07, 6.45) is 2.05. The van der Waals surface area contributed by atoms with Crippen molar-refractivity contribution in [3.8, 4) is 0 Å². The Balaban J connectivity index is 1.89. The molecule has 0 saturated heterocycles. The van der Waals surface area contributed by atoms with Gasteiger partial charge in [-0.25, -0.2) is 0 Å². The number of halogens is 2. The molecule has 116 valence electrons. The van der Waals surface area contributed by atoms with Gasteiger partial charge in [-0.05, 0) is 31.1 Å². The maximum atomic E-state index is 12.9. The molecule has 0 aromatic heterocycles. The molecule has 4 atom stereocenters. The SMILES string of the molecule is COC1CC2CC1CC2C(=O)OCC(F)(F)S(=O)(=O)O. The minimum Gasteiger partial charge on any atom is -0.458 e. The lowest BCUT2D eigenvalue weighted by molar-refractivity contribution is -0.157. The lowest BCUT2D eigenvalue weighted by atomic mass is 9.87. The van der Waals surface area contributed by atoms with E-state index in [0.717, 1.165) is 6.42 Å². The molecule has 0 amide bonds. The second kappa shape index (κ2) is 5.19. The Morgan fingerprint density at radius 2 is 1.95 bits per heavy atom. The highest BCUT2D eigenvalue weighted by molar-refractivity contribution is 7.86. The molecule has 0 aliphatic heterocycles. The molecular formula is C11H16F2O6S. The zero-order valence-corrected chi connectivity index (χ0v) is 11.6. The maximum Gasteiger partial charge on any atom is 0.402 e. The third-order valence-corrected chi connectivity index (χ3v) is 5.03. The highest BCUT2D eigenvalue weighted by atomic mass is 32.2. The molecule has 6 nitrogen and oxygen atoms in total. The summed E-state index contributed by atoms with van der Waals surface area (Å²) in [5.74, 6) is -1.10. The van der Waals surface area contributed by atoms with E-state index in [0.29, 0.717) is 12.8 Å². The van der Waals surface area contributed by atoms with Crippen LogP contribution in [-0.4, -0.2) is 44.0 Å². The monoisotopic (exact) mass is 314 g/mol. The molecule has 2 fully saturated rings. The quantitative estimate of drug-likeness (QED) is 0.603. The average molecular weight is 314 g/mol. The van der Waals surface area contributed by atoms with E-state index in [9.17, 15) is 22.0 Å². The lowest BCUT2D eigenvalue weighted by Gasteiger charge is -2.26. The van der Waals surface area contributed by atoms with Crippen molar-refractivity contribution in [3.63, 3.8) is 0 Å². The molecule has 2 aliphatic rings. The molecule has 9 heteroatoms. The fraction of sp³-hybridized carbons (Fsp3) is 0.909. The Bertz CT molecular complexity index is 491. The van der Waals surface area contributed by atoms with E-state index in [1.807, 2.05) is 0 Å². The zero-order chi connectivity index (χ0) is 15.1. The van der Waals surface area contributed by atoms with Crippen LogP contribution in [0.5, 0.6) is 0 Å². The summed E-state index contributed by atoms with van der Waals surface area (Å²) in [5.41, 5.74) is 0. The van der Waals surface area contributed by atoms with E-state index in [4.69, 9.17) is 9.29 Å². The molecule has 20 heavy (non-hydrogen) atoms. The molecule has 0 aromatic carbocycles. The largest absolute Gasteiger partial charge is 0.458 e.